The summed E-state index contributed by atoms with van der Waals surface area (Å²) >= 11 is 0. The van der Waals surface area contributed by atoms with Crippen LogP contribution in [-0.4, -0.2) is 12.5 Å². The second-order valence-corrected chi connectivity index (χ2v) is 2.59. The normalized spacial score (nSPS) is 9.42. The van der Waals surface area contributed by atoms with Crippen molar-refractivity contribution >= 4 is 5.91 Å². The van der Waals surface area contributed by atoms with Crippen LogP contribution in [0.25, 0.3) is 0 Å². The lowest BCUT2D eigenvalue weighted by atomic mass is 10.1. The van der Waals surface area contributed by atoms with Crippen LogP contribution in [0.2, 0.25) is 0 Å². The van der Waals surface area contributed by atoms with E-state index in [1.807, 2.05) is 30.3 Å². The largest absolute Gasteiger partial charge is 0.356 e. The third kappa shape index (κ3) is 3.19. The molecule has 0 saturated heterocycles. The van der Waals surface area contributed by atoms with Gasteiger partial charge in [0.05, 0.1) is 0 Å². The summed E-state index contributed by atoms with van der Waals surface area (Å²) in [4.78, 5) is 10.4. The minimum atomic E-state index is -0.217. The van der Waals surface area contributed by atoms with Crippen LogP contribution in [0.5, 0.6) is 0 Å². The number of hydrogen-bond donors (Lipinski definition) is 1. The van der Waals surface area contributed by atoms with E-state index < -0.39 is 0 Å². The summed E-state index contributed by atoms with van der Waals surface area (Å²) in [5.74, 6) is -0.217. The molecule has 12 heavy (non-hydrogen) atoms. The monoisotopic (exact) mass is 162 g/mol. The molecule has 0 bridgehead atoms. The van der Waals surface area contributed by atoms with E-state index in [1.54, 1.807) is 0 Å². The van der Waals surface area contributed by atoms with Crippen molar-refractivity contribution in [2.75, 3.05) is 6.54 Å². The minimum Gasteiger partial charge on any atom is -0.356 e. The number of benzene rings is 1. The SMILES string of the molecule is [CH2]C(=O)NCCc1ccccc1. The van der Waals surface area contributed by atoms with Crippen molar-refractivity contribution in [1.29, 1.82) is 0 Å². The van der Waals surface area contributed by atoms with Crippen molar-refractivity contribution in [3.05, 3.63) is 42.8 Å². The molecule has 0 heterocycles. The van der Waals surface area contributed by atoms with E-state index in [4.69, 9.17) is 0 Å². The molecule has 0 saturated carbocycles. The number of amides is 1. The Balaban J connectivity index is 2.29. The summed E-state index contributed by atoms with van der Waals surface area (Å²) in [6.07, 6.45) is 0.863. The zero-order valence-electron chi connectivity index (χ0n) is 6.92. The lowest BCUT2D eigenvalue weighted by Gasteiger charge is -2.01. The lowest BCUT2D eigenvalue weighted by molar-refractivity contribution is -0.116. The molecular weight excluding hydrogens is 150 g/mol. The number of nitrogens with one attached hydrogen (secondary N) is 1. The van der Waals surface area contributed by atoms with Crippen LogP contribution < -0.4 is 5.32 Å². The molecule has 0 aliphatic rings. The van der Waals surface area contributed by atoms with Crippen LogP contribution in [0, 0.1) is 6.92 Å². The van der Waals surface area contributed by atoms with Gasteiger partial charge in [-0.3, -0.25) is 4.79 Å². The van der Waals surface area contributed by atoms with E-state index in [1.165, 1.54) is 5.56 Å². The zero-order valence-corrected chi connectivity index (χ0v) is 6.92. The Bertz CT molecular complexity index is 243. The van der Waals surface area contributed by atoms with Gasteiger partial charge in [0.25, 0.3) is 0 Å². The van der Waals surface area contributed by atoms with E-state index in [9.17, 15) is 4.79 Å². The Morgan fingerprint density at radius 3 is 2.58 bits per heavy atom. The van der Waals surface area contributed by atoms with Gasteiger partial charge in [0.15, 0.2) is 0 Å². The topological polar surface area (TPSA) is 29.1 Å². The molecule has 1 aromatic carbocycles. The molecule has 63 valence electrons. The van der Waals surface area contributed by atoms with E-state index in [-0.39, 0.29) is 5.91 Å². The highest BCUT2D eigenvalue weighted by molar-refractivity contribution is 5.79. The third-order valence-electron chi connectivity index (χ3n) is 1.58. The van der Waals surface area contributed by atoms with E-state index in [0.29, 0.717) is 6.54 Å². The van der Waals surface area contributed by atoms with E-state index in [0.717, 1.165) is 6.42 Å². The molecule has 0 unspecified atom stereocenters. The average Bonchev–Trinajstić information content (AvgIpc) is 2.05. The van der Waals surface area contributed by atoms with Crippen molar-refractivity contribution in [1.82, 2.24) is 5.32 Å². The Labute approximate surface area is 72.6 Å². The highest BCUT2D eigenvalue weighted by Crippen LogP contribution is 1.97. The summed E-state index contributed by atoms with van der Waals surface area (Å²) in [5.41, 5.74) is 1.23. The lowest BCUT2D eigenvalue weighted by Crippen LogP contribution is -2.22. The molecule has 0 fully saturated rings. The van der Waals surface area contributed by atoms with Gasteiger partial charge in [-0.15, -0.1) is 0 Å². The molecule has 2 heteroatoms. The summed E-state index contributed by atoms with van der Waals surface area (Å²) in [5, 5.41) is 2.64. The summed E-state index contributed by atoms with van der Waals surface area (Å²) in [7, 11) is 0. The van der Waals surface area contributed by atoms with Crippen LogP contribution in [0.4, 0.5) is 0 Å². The van der Waals surface area contributed by atoms with Gasteiger partial charge in [-0.1, -0.05) is 30.3 Å². The van der Waals surface area contributed by atoms with Crippen molar-refractivity contribution in [2.24, 2.45) is 0 Å². The predicted octanol–water partition coefficient (Wildman–Crippen LogP) is 1.18. The molecule has 1 N–H and O–H groups in total. The van der Waals surface area contributed by atoms with Crippen LogP contribution in [0.3, 0.4) is 0 Å². The third-order valence-corrected chi connectivity index (χ3v) is 1.58. The Kier molecular flexibility index (Phi) is 3.33. The fourth-order valence-electron chi connectivity index (χ4n) is 0.991. The Morgan fingerprint density at radius 2 is 2.00 bits per heavy atom. The van der Waals surface area contributed by atoms with E-state index in [2.05, 4.69) is 12.2 Å². The van der Waals surface area contributed by atoms with Gasteiger partial charge in [0.1, 0.15) is 0 Å². The molecular formula is C10H12NO. The maximum Gasteiger partial charge on any atom is 0.220 e. The first-order chi connectivity index (χ1) is 5.79. The predicted molar refractivity (Wildman–Crippen MR) is 48.5 cm³/mol. The molecule has 1 aromatic rings. The first kappa shape index (κ1) is 8.78. The van der Waals surface area contributed by atoms with Crippen LogP contribution in [-0.2, 0) is 11.2 Å². The molecule has 0 aromatic heterocycles. The fraction of sp³-hybridized carbons (Fsp3) is 0.200. The highest BCUT2D eigenvalue weighted by Gasteiger charge is 1.92. The van der Waals surface area contributed by atoms with Crippen molar-refractivity contribution in [2.45, 2.75) is 6.42 Å². The Hall–Kier alpha value is -1.31. The molecule has 0 spiro atoms. The van der Waals surface area contributed by atoms with Gasteiger partial charge in [-0.2, -0.15) is 0 Å². The second kappa shape index (κ2) is 4.54. The smallest absolute Gasteiger partial charge is 0.220 e. The van der Waals surface area contributed by atoms with Crippen molar-refractivity contribution < 1.29 is 4.79 Å². The van der Waals surface area contributed by atoms with Crippen LogP contribution >= 0.6 is 0 Å². The number of carbonyl (C=O) groups excluding carboxylic acids is 1. The maximum absolute atomic E-state index is 10.4. The van der Waals surface area contributed by atoms with Gasteiger partial charge < -0.3 is 5.32 Å². The van der Waals surface area contributed by atoms with Crippen LogP contribution in [0.1, 0.15) is 5.56 Å². The van der Waals surface area contributed by atoms with Crippen molar-refractivity contribution in [3.8, 4) is 0 Å². The molecule has 0 atom stereocenters. The van der Waals surface area contributed by atoms with Gasteiger partial charge in [0.2, 0.25) is 5.91 Å². The first-order valence-corrected chi connectivity index (χ1v) is 3.93. The molecule has 0 aliphatic heterocycles. The van der Waals surface area contributed by atoms with Crippen molar-refractivity contribution in [3.63, 3.8) is 0 Å². The molecule has 2 nitrogen and oxygen atoms in total. The second-order valence-electron chi connectivity index (χ2n) is 2.59. The number of carbonyl (C=O) groups is 1. The molecule has 0 aliphatic carbocycles. The highest BCUT2D eigenvalue weighted by atomic mass is 16.1. The number of hydrogen-bond acceptors (Lipinski definition) is 1. The Morgan fingerprint density at radius 1 is 1.33 bits per heavy atom. The molecule has 1 amide bonds. The van der Waals surface area contributed by atoms with Crippen LogP contribution in [0.15, 0.2) is 30.3 Å². The van der Waals surface area contributed by atoms with E-state index >= 15 is 0 Å². The fourth-order valence-corrected chi connectivity index (χ4v) is 0.991. The standard InChI is InChI=1S/C10H12NO/c1-9(12)11-8-7-10-5-3-2-4-6-10/h2-6H,1,7-8H2,(H,11,12). The minimum absolute atomic E-state index is 0.217. The average molecular weight is 162 g/mol. The summed E-state index contributed by atoms with van der Waals surface area (Å²) in [6, 6.07) is 10.0. The van der Waals surface area contributed by atoms with Gasteiger partial charge in [-0.05, 0) is 12.0 Å². The number of rotatable bonds is 3. The quantitative estimate of drug-likeness (QED) is 0.710. The molecule has 1 radical (unpaired) electrons. The maximum atomic E-state index is 10.4. The first-order valence-electron chi connectivity index (χ1n) is 3.93. The molecule has 1 rings (SSSR count). The van der Waals surface area contributed by atoms with Gasteiger partial charge >= 0.3 is 0 Å². The van der Waals surface area contributed by atoms with Gasteiger partial charge in [-0.25, -0.2) is 0 Å². The van der Waals surface area contributed by atoms with Gasteiger partial charge in [0, 0.05) is 13.5 Å². The zero-order chi connectivity index (χ0) is 8.81. The summed E-state index contributed by atoms with van der Waals surface area (Å²) < 4.78 is 0. The summed E-state index contributed by atoms with van der Waals surface area (Å²) in [6.45, 7) is 3.88.